The number of aliphatic imine (C=N–C) groups is 1. The van der Waals surface area contributed by atoms with Gasteiger partial charge in [0, 0.05) is 24.9 Å². The molecule has 0 heterocycles. The molecule has 0 saturated heterocycles. The van der Waals surface area contributed by atoms with Crippen molar-refractivity contribution in [3.8, 4) is 0 Å². The summed E-state index contributed by atoms with van der Waals surface area (Å²) in [7, 11) is 1.43. The lowest BCUT2D eigenvalue weighted by molar-refractivity contribution is -0.140. The molecule has 5 heteroatoms. The van der Waals surface area contributed by atoms with Gasteiger partial charge < -0.3 is 15.4 Å². The monoisotopic (exact) mass is 331 g/mol. The number of hydrogen-bond donors (Lipinski definition) is 2. The fourth-order valence-electron chi connectivity index (χ4n) is 2.76. The molecule has 0 aliphatic heterocycles. The fraction of sp³-hybridized carbons (Fsp3) is 0.579. The molecule has 2 N–H and O–H groups in total. The summed E-state index contributed by atoms with van der Waals surface area (Å²) in [6.07, 6.45) is 4.64. The summed E-state index contributed by atoms with van der Waals surface area (Å²) in [5.74, 6) is 0.715. The van der Waals surface area contributed by atoms with Crippen LogP contribution in [0.1, 0.15) is 44.6 Å². The zero-order chi connectivity index (χ0) is 17.3. The zero-order valence-electron chi connectivity index (χ0n) is 14.8. The number of carbonyl (C=O) groups is 1. The predicted molar refractivity (Wildman–Crippen MR) is 97.2 cm³/mol. The van der Waals surface area contributed by atoms with Crippen molar-refractivity contribution < 1.29 is 9.53 Å². The molecule has 0 aromatic heterocycles. The van der Waals surface area contributed by atoms with Gasteiger partial charge in [-0.15, -0.1) is 0 Å². The second-order valence-electron chi connectivity index (χ2n) is 6.30. The Morgan fingerprint density at radius 3 is 2.58 bits per heavy atom. The number of guanidine groups is 1. The Morgan fingerprint density at radius 1 is 1.21 bits per heavy atom. The van der Waals surface area contributed by atoms with Gasteiger partial charge in [-0.1, -0.05) is 30.3 Å². The highest BCUT2D eigenvalue weighted by molar-refractivity contribution is 5.79. The maximum Gasteiger partial charge on any atom is 0.305 e. The van der Waals surface area contributed by atoms with E-state index in [2.05, 4.69) is 52.6 Å². The number of nitrogens with zero attached hydrogens (tertiary/aromatic N) is 1. The molecule has 5 nitrogen and oxygen atoms in total. The highest BCUT2D eigenvalue weighted by Crippen LogP contribution is 2.48. The van der Waals surface area contributed by atoms with Crippen molar-refractivity contribution in [2.75, 3.05) is 26.7 Å². The molecular formula is C19H29N3O2. The van der Waals surface area contributed by atoms with Gasteiger partial charge in [0.25, 0.3) is 0 Å². The first-order valence-electron chi connectivity index (χ1n) is 8.85. The van der Waals surface area contributed by atoms with Crippen molar-refractivity contribution in [2.45, 2.75) is 44.4 Å². The van der Waals surface area contributed by atoms with Gasteiger partial charge in [-0.05, 0) is 38.2 Å². The van der Waals surface area contributed by atoms with Crippen LogP contribution in [0.15, 0.2) is 35.3 Å². The van der Waals surface area contributed by atoms with E-state index >= 15 is 0 Å². The zero-order valence-corrected chi connectivity index (χ0v) is 14.8. The number of hydrogen-bond acceptors (Lipinski definition) is 3. The quantitative estimate of drug-likeness (QED) is 0.316. The second-order valence-corrected chi connectivity index (χ2v) is 6.30. The number of nitrogens with one attached hydrogen (secondary N) is 2. The Balaban J connectivity index is 1.79. The van der Waals surface area contributed by atoms with Crippen LogP contribution in [0.4, 0.5) is 0 Å². The molecule has 24 heavy (non-hydrogen) atoms. The summed E-state index contributed by atoms with van der Waals surface area (Å²) >= 11 is 0. The number of esters is 1. The van der Waals surface area contributed by atoms with E-state index in [1.807, 2.05) is 0 Å². The first-order chi connectivity index (χ1) is 11.7. The van der Waals surface area contributed by atoms with Crippen molar-refractivity contribution in [3.63, 3.8) is 0 Å². The van der Waals surface area contributed by atoms with Gasteiger partial charge in [0.15, 0.2) is 5.96 Å². The van der Waals surface area contributed by atoms with Gasteiger partial charge in [0.1, 0.15) is 0 Å². The smallest absolute Gasteiger partial charge is 0.305 e. The minimum atomic E-state index is -0.144. The van der Waals surface area contributed by atoms with Crippen LogP contribution in [0.2, 0.25) is 0 Å². The number of benzene rings is 1. The normalized spacial score (nSPS) is 15.7. The van der Waals surface area contributed by atoms with Crippen LogP contribution < -0.4 is 10.6 Å². The Morgan fingerprint density at radius 2 is 1.96 bits per heavy atom. The molecule has 1 aliphatic carbocycles. The molecule has 132 valence electrons. The lowest BCUT2D eigenvalue weighted by Crippen LogP contribution is -2.38. The van der Waals surface area contributed by atoms with E-state index in [0.29, 0.717) is 6.42 Å². The van der Waals surface area contributed by atoms with E-state index in [0.717, 1.165) is 38.4 Å². The van der Waals surface area contributed by atoms with Crippen LogP contribution in [0.5, 0.6) is 0 Å². The van der Waals surface area contributed by atoms with Crippen molar-refractivity contribution in [2.24, 2.45) is 4.99 Å². The molecule has 1 aliphatic rings. The Kier molecular flexibility index (Phi) is 7.09. The summed E-state index contributed by atoms with van der Waals surface area (Å²) in [6.45, 7) is 4.53. The number of ether oxygens (including phenoxy) is 1. The summed E-state index contributed by atoms with van der Waals surface area (Å²) in [6, 6.07) is 10.7. The van der Waals surface area contributed by atoms with Crippen LogP contribution in [0.25, 0.3) is 0 Å². The molecule has 1 saturated carbocycles. The summed E-state index contributed by atoms with van der Waals surface area (Å²) in [4.78, 5) is 15.9. The average Bonchev–Trinajstić information content (AvgIpc) is 3.41. The minimum Gasteiger partial charge on any atom is -0.469 e. The first-order valence-corrected chi connectivity index (χ1v) is 8.85. The third-order valence-corrected chi connectivity index (χ3v) is 4.45. The summed E-state index contributed by atoms with van der Waals surface area (Å²) in [5, 5.41) is 6.64. The van der Waals surface area contributed by atoms with Crippen LogP contribution in [0, 0.1) is 0 Å². The molecule has 1 fully saturated rings. The SMILES string of the molecule is CCNC(=NCC1(c2ccccc2)CC1)NCCCCC(=O)OC. The molecule has 0 spiro atoms. The lowest BCUT2D eigenvalue weighted by Gasteiger charge is -2.16. The fourth-order valence-corrected chi connectivity index (χ4v) is 2.76. The van der Waals surface area contributed by atoms with Crippen LogP contribution >= 0.6 is 0 Å². The van der Waals surface area contributed by atoms with Crippen molar-refractivity contribution in [1.29, 1.82) is 0 Å². The molecule has 0 atom stereocenters. The standard InChI is InChI=1S/C19H29N3O2/c1-3-20-18(21-14-8-7-11-17(23)24-2)22-15-19(12-13-19)16-9-5-4-6-10-16/h4-6,9-10H,3,7-8,11-15H2,1-2H3,(H2,20,21,22). The summed E-state index contributed by atoms with van der Waals surface area (Å²) in [5.41, 5.74) is 1.62. The van der Waals surface area contributed by atoms with Crippen molar-refractivity contribution in [1.82, 2.24) is 10.6 Å². The Labute approximate surface area is 144 Å². The van der Waals surface area contributed by atoms with Crippen molar-refractivity contribution in [3.05, 3.63) is 35.9 Å². The Hall–Kier alpha value is -2.04. The van der Waals surface area contributed by atoms with Gasteiger partial charge >= 0.3 is 5.97 Å². The van der Waals surface area contributed by atoms with E-state index in [-0.39, 0.29) is 11.4 Å². The van der Waals surface area contributed by atoms with Gasteiger partial charge in [0.05, 0.1) is 13.7 Å². The van der Waals surface area contributed by atoms with E-state index in [9.17, 15) is 4.79 Å². The molecule has 0 radical (unpaired) electrons. The predicted octanol–water partition coefficient (Wildman–Crippen LogP) is 2.62. The molecule has 0 unspecified atom stereocenters. The number of methoxy groups -OCH3 is 1. The van der Waals surface area contributed by atoms with E-state index < -0.39 is 0 Å². The third kappa shape index (κ3) is 5.55. The van der Waals surface area contributed by atoms with Gasteiger partial charge in [-0.2, -0.15) is 0 Å². The van der Waals surface area contributed by atoms with Crippen LogP contribution in [-0.4, -0.2) is 38.7 Å². The highest BCUT2D eigenvalue weighted by Gasteiger charge is 2.43. The molecule has 1 aromatic carbocycles. The number of unbranched alkanes of at least 4 members (excludes halogenated alkanes) is 1. The average molecular weight is 331 g/mol. The van der Waals surface area contributed by atoms with Gasteiger partial charge in [-0.25, -0.2) is 0 Å². The highest BCUT2D eigenvalue weighted by atomic mass is 16.5. The maximum atomic E-state index is 11.1. The Bertz CT molecular complexity index is 539. The minimum absolute atomic E-state index is 0.144. The van der Waals surface area contributed by atoms with E-state index in [1.54, 1.807) is 0 Å². The second kappa shape index (κ2) is 9.30. The number of rotatable bonds is 9. The lowest BCUT2D eigenvalue weighted by atomic mass is 9.96. The molecule has 0 amide bonds. The molecule has 1 aromatic rings. The number of carbonyl (C=O) groups excluding carboxylic acids is 1. The topological polar surface area (TPSA) is 62.7 Å². The van der Waals surface area contributed by atoms with E-state index in [1.165, 1.54) is 25.5 Å². The van der Waals surface area contributed by atoms with Crippen molar-refractivity contribution >= 4 is 11.9 Å². The van der Waals surface area contributed by atoms with E-state index in [4.69, 9.17) is 4.99 Å². The largest absolute Gasteiger partial charge is 0.469 e. The molecular weight excluding hydrogens is 302 g/mol. The maximum absolute atomic E-state index is 11.1. The van der Waals surface area contributed by atoms with Gasteiger partial charge in [0.2, 0.25) is 0 Å². The third-order valence-electron chi connectivity index (χ3n) is 4.45. The van der Waals surface area contributed by atoms with Gasteiger partial charge in [-0.3, -0.25) is 9.79 Å². The molecule has 0 bridgehead atoms. The van der Waals surface area contributed by atoms with Crippen LogP contribution in [0.3, 0.4) is 0 Å². The van der Waals surface area contributed by atoms with Crippen LogP contribution in [-0.2, 0) is 14.9 Å². The molecule has 2 rings (SSSR count). The summed E-state index contributed by atoms with van der Waals surface area (Å²) < 4.78 is 4.65. The first kappa shape index (κ1) is 18.3.